The minimum Gasteiger partial charge on any atom is -0.480 e. The maximum absolute atomic E-state index is 13.3. The minimum atomic E-state index is -1.24. The molecular weight excluding hydrogens is 498 g/mol. The van der Waals surface area contributed by atoms with E-state index in [1.54, 1.807) is 31.2 Å². The lowest BCUT2D eigenvalue weighted by atomic mass is 9.96. The number of guanidine groups is 1. The number of aliphatic carboxylic acids is 1. The van der Waals surface area contributed by atoms with Crippen LogP contribution < -0.4 is 33.2 Å². The van der Waals surface area contributed by atoms with Gasteiger partial charge in [-0.15, -0.1) is 0 Å². The third-order valence-electron chi connectivity index (χ3n) is 5.81. The van der Waals surface area contributed by atoms with E-state index in [1.165, 1.54) is 0 Å². The van der Waals surface area contributed by atoms with Gasteiger partial charge in [0.25, 0.3) is 0 Å². The average molecular weight is 538 g/mol. The first-order valence-corrected chi connectivity index (χ1v) is 12.7. The molecule has 0 fully saturated rings. The lowest BCUT2D eigenvalue weighted by Gasteiger charge is -2.28. The number of hydrogen-bond donors (Lipinski definition) is 8. The van der Waals surface area contributed by atoms with Crippen LogP contribution in [0.15, 0.2) is 35.3 Å². The van der Waals surface area contributed by atoms with Gasteiger partial charge >= 0.3 is 5.97 Å². The van der Waals surface area contributed by atoms with Crippen LogP contribution in [0, 0.1) is 5.92 Å². The second-order valence-corrected chi connectivity index (χ2v) is 9.13. The van der Waals surface area contributed by atoms with Crippen molar-refractivity contribution in [2.75, 3.05) is 12.3 Å². The molecule has 13 heteroatoms. The monoisotopic (exact) mass is 537 g/mol. The van der Waals surface area contributed by atoms with Gasteiger partial charge in [-0.05, 0) is 24.3 Å². The van der Waals surface area contributed by atoms with Crippen LogP contribution in [0.4, 0.5) is 0 Å². The van der Waals surface area contributed by atoms with Crippen molar-refractivity contribution in [3.05, 3.63) is 35.9 Å². The Morgan fingerprint density at radius 1 is 1.00 bits per heavy atom. The van der Waals surface area contributed by atoms with Gasteiger partial charge in [0.1, 0.15) is 18.1 Å². The van der Waals surface area contributed by atoms with E-state index in [9.17, 15) is 24.3 Å². The van der Waals surface area contributed by atoms with Crippen molar-refractivity contribution in [1.82, 2.24) is 16.0 Å². The van der Waals surface area contributed by atoms with Crippen molar-refractivity contribution in [1.29, 1.82) is 0 Å². The molecule has 0 aromatic heterocycles. The molecule has 5 unspecified atom stereocenters. The third kappa shape index (κ3) is 11.5. The van der Waals surface area contributed by atoms with Gasteiger partial charge in [-0.1, -0.05) is 50.6 Å². The molecule has 12 nitrogen and oxygen atoms in total. The van der Waals surface area contributed by atoms with Crippen LogP contribution in [0.1, 0.15) is 38.7 Å². The summed E-state index contributed by atoms with van der Waals surface area (Å²) in [6.45, 7) is 3.98. The molecule has 3 amide bonds. The molecule has 1 aromatic carbocycles. The fourth-order valence-corrected chi connectivity index (χ4v) is 3.64. The fourth-order valence-electron chi connectivity index (χ4n) is 3.39. The number of benzene rings is 1. The Morgan fingerprint density at radius 3 is 2.16 bits per heavy atom. The summed E-state index contributed by atoms with van der Waals surface area (Å²) in [5.41, 5.74) is 17.3. The van der Waals surface area contributed by atoms with Crippen molar-refractivity contribution in [2.45, 2.75) is 63.7 Å². The van der Waals surface area contributed by atoms with Gasteiger partial charge in [-0.25, -0.2) is 4.79 Å². The Hall–Kier alpha value is -3.32. The molecule has 5 atom stereocenters. The van der Waals surface area contributed by atoms with Gasteiger partial charge in [-0.2, -0.15) is 12.6 Å². The molecule has 0 aliphatic carbocycles. The number of carboxylic acid groups (broad SMARTS) is 1. The van der Waals surface area contributed by atoms with Crippen molar-refractivity contribution >= 4 is 42.3 Å². The third-order valence-corrected chi connectivity index (χ3v) is 6.18. The molecule has 10 N–H and O–H groups in total. The summed E-state index contributed by atoms with van der Waals surface area (Å²) in [5, 5.41) is 17.1. The molecule has 0 saturated carbocycles. The summed E-state index contributed by atoms with van der Waals surface area (Å²) in [4.78, 5) is 54.3. The maximum atomic E-state index is 13.3. The van der Waals surface area contributed by atoms with Gasteiger partial charge < -0.3 is 38.3 Å². The predicted octanol–water partition coefficient (Wildman–Crippen LogP) is -0.875. The zero-order chi connectivity index (χ0) is 28.0. The summed E-state index contributed by atoms with van der Waals surface area (Å²) in [7, 11) is 0. The second-order valence-electron chi connectivity index (χ2n) is 8.76. The zero-order valence-electron chi connectivity index (χ0n) is 21.2. The van der Waals surface area contributed by atoms with Crippen LogP contribution in [0.5, 0.6) is 0 Å². The highest BCUT2D eigenvalue weighted by atomic mass is 32.1. The van der Waals surface area contributed by atoms with Crippen LogP contribution in [0.25, 0.3) is 0 Å². The average Bonchev–Trinajstić information content (AvgIpc) is 2.87. The summed E-state index contributed by atoms with van der Waals surface area (Å²) >= 11 is 3.97. The first kappa shape index (κ1) is 31.7. The van der Waals surface area contributed by atoms with Crippen LogP contribution in [0.2, 0.25) is 0 Å². The van der Waals surface area contributed by atoms with Gasteiger partial charge in [0.2, 0.25) is 17.7 Å². The number of thiol groups is 1. The number of nitrogens with zero attached hydrogens (tertiary/aromatic N) is 1. The summed E-state index contributed by atoms with van der Waals surface area (Å²) in [6, 6.07) is 4.79. The predicted molar refractivity (Wildman–Crippen MR) is 145 cm³/mol. The number of aliphatic imine (C=N–C) groups is 1. The van der Waals surface area contributed by atoms with E-state index >= 15 is 0 Å². The Balaban J connectivity index is 3.01. The molecule has 0 heterocycles. The molecule has 206 valence electrons. The van der Waals surface area contributed by atoms with E-state index in [0.717, 1.165) is 5.56 Å². The van der Waals surface area contributed by atoms with Crippen LogP contribution >= 0.6 is 12.6 Å². The number of carboxylic acids is 1. The number of hydrogen-bond acceptors (Lipinski definition) is 7. The molecule has 0 aliphatic rings. The Labute approximate surface area is 222 Å². The summed E-state index contributed by atoms with van der Waals surface area (Å²) in [5.74, 6) is -3.47. The maximum Gasteiger partial charge on any atom is 0.327 e. The summed E-state index contributed by atoms with van der Waals surface area (Å²) < 4.78 is 0. The largest absolute Gasteiger partial charge is 0.480 e. The first-order valence-electron chi connectivity index (χ1n) is 12.1. The quantitative estimate of drug-likeness (QED) is 0.0572. The number of nitrogens with two attached hydrogens (primary N) is 3. The van der Waals surface area contributed by atoms with E-state index < -0.39 is 47.9 Å². The zero-order valence-corrected chi connectivity index (χ0v) is 22.1. The van der Waals surface area contributed by atoms with Crippen molar-refractivity contribution in [3.8, 4) is 0 Å². The minimum absolute atomic E-state index is 0.0512. The van der Waals surface area contributed by atoms with Gasteiger partial charge in [-0.3, -0.25) is 19.4 Å². The van der Waals surface area contributed by atoms with Crippen LogP contribution in [-0.4, -0.2) is 71.2 Å². The topological polar surface area (TPSA) is 215 Å². The van der Waals surface area contributed by atoms with Gasteiger partial charge in [0.05, 0.1) is 6.04 Å². The Bertz CT molecular complexity index is 927. The van der Waals surface area contributed by atoms with E-state index in [-0.39, 0.29) is 24.1 Å². The summed E-state index contributed by atoms with van der Waals surface area (Å²) in [6.07, 6.45) is 1.45. The standard InChI is InChI=1S/C24H39N7O5S/c1-3-14(2)19(31-20(32)16(25)10-7-11-28-24(26)27)22(34)29-17(12-15-8-5-4-6-9-15)21(33)30-18(13-37)23(35)36/h4-6,8-9,14,16-19,37H,3,7,10-13,25H2,1-2H3,(H,29,34)(H,30,33)(H,31,32)(H,35,36)(H4,26,27,28). The molecular formula is C24H39N7O5S. The molecule has 0 aliphatic heterocycles. The van der Waals surface area contributed by atoms with E-state index in [1.807, 2.05) is 13.0 Å². The number of carbonyl (C=O) groups excluding carboxylic acids is 3. The second kappa shape index (κ2) is 16.4. The van der Waals surface area contributed by atoms with Crippen LogP contribution in [-0.2, 0) is 25.6 Å². The number of amides is 3. The number of nitrogens with one attached hydrogen (secondary N) is 3. The SMILES string of the molecule is CCC(C)C(NC(=O)C(N)CCCN=C(N)N)C(=O)NC(Cc1ccccc1)C(=O)NC(CS)C(=O)O. The van der Waals surface area contributed by atoms with Crippen LogP contribution in [0.3, 0.4) is 0 Å². The highest BCUT2D eigenvalue weighted by Crippen LogP contribution is 2.11. The molecule has 0 saturated heterocycles. The van der Waals surface area contributed by atoms with E-state index in [2.05, 4.69) is 33.6 Å². The molecule has 0 spiro atoms. The molecule has 0 bridgehead atoms. The van der Waals surface area contributed by atoms with Gasteiger partial charge in [0.15, 0.2) is 5.96 Å². The van der Waals surface area contributed by atoms with E-state index in [4.69, 9.17) is 17.2 Å². The lowest BCUT2D eigenvalue weighted by Crippen LogP contribution is -2.59. The molecule has 37 heavy (non-hydrogen) atoms. The van der Waals surface area contributed by atoms with Crippen molar-refractivity contribution in [3.63, 3.8) is 0 Å². The first-order chi connectivity index (χ1) is 17.5. The number of carbonyl (C=O) groups is 4. The van der Waals surface area contributed by atoms with Crippen molar-refractivity contribution in [2.24, 2.45) is 28.1 Å². The highest BCUT2D eigenvalue weighted by Gasteiger charge is 2.32. The lowest BCUT2D eigenvalue weighted by molar-refractivity contribution is -0.141. The van der Waals surface area contributed by atoms with Crippen molar-refractivity contribution < 1.29 is 24.3 Å². The van der Waals surface area contributed by atoms with Gasteiger partial charge in [0, 0.05) is 18.7 Å². The molecule has 1 aromatic rings. The molecule has 0 radical (unpaired) electrons. The Kier molecular flexibility index (Phi) is 14.1. The highest BCUT2D eigenvalue weighted by molar-refractivity contribution is 7.80. The normalized spacial score (nSPS) is 14.8. The smallest absolute Gasteiger partial charge is 0.327 e. The Morgan fingerprint density at radius 2 is 1.62 bits per heavy atom. The molecule has 1 rings (SSSR count). The fraction of sp³-hybridized carbons (Fsp3) is 0.542. The number of rotatable bonds is 16. The van der Waals surface area contributed by atoms with E-state index in [0.29, 0.717) is 25.8 Å².